The van der Waals surface area contributed by atoms with E-state index in [1.54, 1.807) is 0 Å². The second-order valence-electron chi connectivity index (χ2n) is 5.51. The molecule has 0 radical (unpaired) electrons. The Morgan fingerprint density at radius 3 is 2.53 bits per heavy atom. The van der Waals surface area contributed by atoms with Gasteiger partial charge in [0.2, 0.25) is 0 Å². The first-order valence-corrected chi connectivity index (χ1v) is 6.81. The number of allylic oxidation sites excluding steroid dienone is 3. The third-order valence-electron chi connectivity index (χ3n) is 4.66. The molecule has 94 valence electrons. The molecule has 0 bridgehead atoms. The molecular formula is C15H24N2. The molecular weight excluding hydrogens is 208 g/mol. The quantitative estimate of drug-likeness (QED) is 0.447. The van der Waals surface area contributed by atoms with Crippen LogP contribution < -0.4 is 5.84 Å². The average molecular weight is 232 g/mol. The van der Waals surface area contributed by atoms with Crippen LogP contribution in [0.1, 0.15) is 58.8 Å². The summed E-state index contributed by atoms with van der Waals surface area (Å²) in [6, 6.07) is 0. The Kier molecular flexibility index (Phi) is 3.41. The van der Waals surface area contributed by atoms with E-state index < -0.39 is 0 Å². The Labute approximate surface area is 105 Å². The molecule has 17 heavy (non-hydrogen) atoms. The van der Waals surface area contributed by atoms with Crippen LogP contribution in [0.3, 0.4) is 0 Å². The zero-order valence-electron chi connectivity index (χ0n) is 11.2. The van der Waals surface area contributed by atoms with E-state index in [0.29, 0.717) is 5.41 Å². The molecule has 2 rings (SSSR count). The summed E-state index contributed by atoms with van der Waals surface area (Å²) in [5.74, 6) is 5.47. The molecule has 2 nitrogen and oxygen atoms in total. The highest BCUT2D eigenvalue weighted by Crippen LogP contribution is 2.56. The van der Waals surface area contributed by atoms with Crippen molar-refractivity contribution < 1.29 is 0 Å². The number of hydrazone groups is 1. The van der Waals surface area contributed by atoms with E-state index in [9.17, 15) is 0 Å². The van der Waals surface area contributed by atoms with Gasteiger partial charge in [-0.15, -0.1) is 0 Å². The number of nitrogens with two attached hydrogens (primary N) is 1. The summed E-state index contributed by atoms with van der Waals surface area (Å²) in [7, 11) is 0. The fourth-order valence-corrected chi connectivity index (χ4v) is 3.69. The van der Waals surface area contributed by atoms with Gasteiger partial charge in [-0.2, -0.15) is 5.10 Å². The second-order valence-corrected chi connectivity index (χ2v) is 5.51. The Bertz CT molecular complexity index is 382. The molecule has 0 aliphatic heterocycles. The Morgan fingerprint density at radius 1 is 1.35 bits per heavy atom. The third kappa shape index (κ3) is 1.94. The van der Waals surface area contributed by atoms with Crippen LogP contribution in [-0.2, 0) is 0 Å². The highest BCUT2D eigenvalue weighted by molar-refractivity contribution is 6.00. The molecule has 2 N–H and O–H groups in total. The van der Waals surface area contributed by atoms with Crippen LogP contribution >= 0.6 is 0 Å². The van der Waals surface area contributed by atoms with Gasteiger partial charge in [-0.25, -0.2) is 0 Å². The van der Waals surface area contributed by atoms with Crippen molar-refractivity contribution in [2.45, 2.75) is 58.8 Å². The fourth-order valence-electron chi connectivity index (χ4n) is 3.69. The van der Waals surface area contributed by atoms with E-state index in [2.05, 4.69) is 18.6 Å². The van der Waals surface area contributed by atoms with E-state index in [1.807, 2.05) is 6.92 Å². The van der Waals surface area contributed by atoms with Crippen molar-refractivity contribution in [3.63, 3.8) is 0 Å². The highest BCUT2D eigenvalue weighted by Gasteiger charge is 2.43. The van der Waals surface area contributed by atoms with Crippen LogP contribution in [-0.4, -0.2) is 5.71 Å². The van der Waals surface area contributed by atoms with Gasteiger partial charge in [0.25, 0.3) is 0 Å². The predicted molar refractivity (Wildman–Crippen MR) is 73.9 cm³/mol. The standard InChI is InChI=1S/C15H24N2/c1-4-11(2)14-13(12(3)17-16)7-10-15(14)8-5-6-9-15/h2,4-10,16H2,1,3H3/b17-12-. The summed E-state index contributed by atoms with van der Waals surface area (Å²) < 4.78 is 0. The van der Waals surface area contributed by atoms with Gasteiger partial charge in [-0.3, -0.25) is 0 Å². The van der Waals surface area contributed by atoms with Crippen molar-refractivity contribution in [2.24, 2.45) is 16.4 Å². The normalized spacial score (nSPS) is 23.8. The van der Waals surface area contributed by atoms with Crippen molar-refractivity contribution in [3.8, 4) is 0 Å². The topological polar surface area (TPSA) is 38.4 Å². The van der Waals surface area contributed by atoms with Gasteiger partial charge in [0.15, 0.2) is 0 Å². The van der Waals surface area contributed by atoms with Crippen LogP contribution in [0.25, 0.3) is 0 Å². The maximum atomic E-state index is 5.47. The first-order chi connectivity index (χ1) is 8.14. The van der Waals surface area contributed by atoms with Crippen molar-refractivity contribution >= 4 is 5.71 Å². The zero-order valence-corrected chi connectivity index (χ0v) is 11.2. The first-order valence-electron chi connectivity index (χ1n) is 6.81. The van der Waals surface area contributed by atoms with Crippen LogP contribution in [0.15, 0.2) is 28.4 Å². The van der Waals surface area contributed by atoms with Crippen LogP contribution in [0.5, 0.6) is 0 Å². The van der Waals surface area contributed by atoms with Gasteiger partial charge < -0.3 is 5.84 Å². The molecule has 0 aromatic heterocycles. The minimum atomic E-state index is 0.425. The lowest BCUT2D eigenvalue weighted by Gasteiger charge is -2.29. The monoisotopic (exact) mass is 232 g/mol. The van der Waals surface area contributed by atoms with Gasteiger partial charge in [0, 0.05) is 0 Å². The lowest BCUT2D eigenvalue weighted by atomic mass is 9.75. The molecule has 0 amide bonds. The van der Waals surface area contributed by atoms with E-state index >= 15 is 0 Å². The highest BCUT2D eigenvalue weighted by atomic mass is 15.1. The van der Waals surface area contributed by atoms with Crippen LogP contribution in [0.2, 0.25) is 0 Å². The smallest absolute Gasteiger partial charge is 0.0604 e. The summed E-state index contributed by atoms with van der Waals surface area (Å²) >= 11 is 0. The zero-order chi connectivity index (χ0) is 12.5. The van der Waals surface area contributed by atoms with E-state index in [0.717, 1.165) is 18.6 Å². The van der Waals surface area contributed by atoms with Crippen molar-refractivity contribution in [3.05, 3.63) is 23.3 Å². The van der Waals surface area contributed by atoms with Gasteiger partial charge in [0.1, 0.15) is 0 Å². The largest absolute Gasteiger partial charge is 0.323 e. The number of hydrogen-bond acceptors (Lipinski definition) is 2. The summed E-state index contributed by atoms with van der Waals surface area (Å²) in [5, 5.41) is 3.91. The molecule has 0 atom stereocenters. The molecule has 0 saturated heterocycles. The summed E-state index contributed by atoms with van der Waals surface area (Å²) in [4.78, 5) is 0. The van der Waals surface area contributed by atoms with Gasteiger partial charge in [0.05, 0.1) is 5.71 Å². The molecule has 1 fully saturated rings. The maximum Gasteiger partial charge on any atom is 0.0604 e. The summed E-state index contributed by atoms with van der Waals surface area (Å²) in [5.41, 5.74) is 5.65. The van der Waals surface area contributed by atoms with E-state index in [4.69, 9.17) is 5.84 Å². The maximum absolute atomic E-state index is 5.47. The summed E-state index contributed by atoms with van der Waals surface area (Å²) in [6.45, 7) is 8.52. The summed E-state index contributed by atoms with van der Waals surface area (Å²) in [6.07, 6.45) is 8.87. The minimum absolute atomic E-state index is 0.425. The second kappa shape index (κ2) is 4.67. The molecule has 0 aromatic carbocycles. The van der Waals surface area contributed by atoms with Crippen molar-refractivity contribution in [1.29, 1.82) is 0 Å². The molecule has 0 aromatic rings. The SMILES string of the molecule is C=C(CC)C1=C(/C(C)=N\N)CCC12CCCC2. The van der Waals surface area contributed by atoms with Crippen molar-refractivity contribution in [1.82, 2.24) is 0 Å². The molecule has 1 spiro atoms. The number of hydrogen-bond donors (Lipinski definition) is 1. The van der Waals surface area contributed by atoms with Crippen LogP contribution in [0.4, 0.5) is 0 Å². The lowest BCUT2D eigenvalue weighted by Crippen LogP contribution is -2.17. The van der Waals surface area contributed by atoms with Crippen LogP contribution in [0, 0.1) is 5.41 Å². The first kappa shape index (κ1) is 12.4. The van der Waals surface area contributed by atoms with Gasteiger partial charge >= 0.3 is 0 Å². The Hall–Kier alpha value is -1.05. The molecule has 2 aliphatic carbocycles. The minimum Gasteiger partial charge on any atom is -0.323 e. The van der Waals surface area contributed by atoms with Gasteiger partial charge in [-0.1, -0.05) is 31.9 Å². The number of nitrogens with zero attached hydrogens (tertiary/aromatic N) is 1. The van der Waals surface area contributed by atoms with E-state index in [1.165, 1.54) is 48.8 Å². The molecule has 2 aliphatic rings. The van der Waals surface area contributed by atoms with E-state index in [-0.39, 0.29) is 0 Å². The van der Waals surface area contributed by atoms with Crippen molar-refractivity contribution in [2.75, 3.05) is 0 Å². The lowest BCUT2D eigenvalue weighted by molar-refractivity contribution is 0.368. The molecule has 2 heteroatoms. The predicted octanol–water partition coefficient (Wildman–Crippen LogP) is 3.94. The third-order valence-corrected chi connectivity index (χ3v) is 4.66. The molecule has 0 unspecified atom stereocenters. The average Bonchev–Trinajstić information content (AvgIpc) is 2.96. The molecule has 1 saturated carbocycles. The Balaban J connectivity index is 2.46. The Morgan fingerprint density at radius 2 is 2.00 bits per heavy atom. The van der Waals surface area contributed by atoms with Gasteiger partial charge in [-0.05, 0) is 55.6 Å². The molecule has 0 heterocycles. The fraction of sp³-hybridized carbons (Fsp3) is 0.667. The number of rotatable bonds is 3.